The molecule has 0 spiro atoms. The second kappa shape index (κ2) is 10.0. The zero-order chi connectivity index (χ0) is 23.5. The van der Waals surface area contributed by atoms with E-state index in [2.05, 4.69) is 51.6 Å². The van der Waals surface area contributed by atoms with Crippen LogP contribution in [0.2, 0.25) is 0 Å². The predicted octanol–water partition coefficient (Wildman–Crippen LogP) is 5.22. The second-order valence-corrected chi connectivity index (χ2v) is 12.5. The number of nitrogens with one attached hydrogen (secondary N) is 2. The largest absolute Gasteiger partial charge is 0.336 e. The van der Waals surface area contributed by atoms with Crippen LogP contribution in [0, 0.1) is 13.8 Å². The molecular weight excluding hydrogens is 632 g/mol. The van der Waals surface area contributed by atoms with Gasteiger partial charge in [-0.1, -0.05) is 10.3 Å². The van der Waals surface area contributed by atoms with E-state index < -0.39 is 20.0 Å². The standard InChI is InChI=1S/2C8H7BrN2O3S2/c2*1-5-7(9)8(14-10-5)11-16(12,13)6-2-3-15-4-6/h2*2-4,11H,1H3. The van der Waals surface area contributed by atoms with Crippen LogP contribution in [0.4, 0.5) is 11.8 Å². The highest BCUT2D eigenvalue weighted by Crippen LogP contribution is 2.29. The lowest BCUT2D eigenvalue weighted by Crippen LogP contribution is -2.11. The molecule has 4 rings (SSSR count). The fourth-order valence-corrected chi connectivity index (χ4v) is 6.81. The quantitative estimate of drug-likeness (QED) is 0.291. The van der Waals surface area contributed by atoms with Crippen molar-refractivity contribution in [1.82, 2.24) is 10.3 Å². The summed E-state index contributed by atoms with van der Waals surface area (Å²) in [4.78, 5) is 0.414. The second-order valence-electron chi connectivity index (χ2n) is 5.95. The van der Waals surface area contributed by atoms with E-state index >= 15 is 0 Å². The molecule has 0 saturated carbocycles. The van der Waals surface area contributed by atoms with Gasteiger partial charge in [0.15, 0.2) is 0 Å². The number of rotatable bonds is 6. The third-order valence-corrected chi connectivity index (χ3v) is 9.84. The van der Waals surface area contributed by atoms with Gasteiger partial charge in [0.2, 0.25) is 0 Å². The molecular formula is C16H14Br2N4O6S4. The van der Waals surface area contributed by atoms with E-state index in [0.29, 0.717) is 20.3 Å². The van der Waals surface area contributed by atoms with Crippen LogP contribution >= 0.6 is 54.5 Å². The maximum atomic E-state index is 11.8. The van der Waals surface area contributed by atoms with Gasteiger partial charge in [-0.2, -0.15) is 22.7 Å². The molecule has 32 heavy (non-hydrogen) atoms. The maximum absolute atomic E-state index is 11.8. The average molecular weight is 646 g/mol. The summed E-state index contributed by atoms with van der Waals surface area (Å²) >= 11 is 8.99. The Labute approximate surface area is 208 Å². The van der Waals surface area contributed by atoms with E-state index in [1.165, 1.54) is 34.8 Å². The van der Waals surface area contributed by atoms with Gasteiger partial charge in [0, 0.05) is 10.8 Å². The van der Waals surface area contributed by atoms with Crippen molar-refractivity contribution in [2.24, 2.45) is 0 Å². The Balaban J connectivity index is 0.000000181. The first-order valence-electron chi connectivity index (χ1n) is 8.35. The normalized spacial score (nSPS) is 11.6. The number of halogens is 2. The Morgan fingerprint density at radius 2 is 1.16 bits per heavy atom. The molecule has 0 aliphatic carbocycles. The van der Waals surface area contributed by atoms with Crippen LogP contribution in [0.15, 0.2) is 61.4 Å². The Hall–Kier alpha value is -1.72. The van der Waals surface area contributed by atoms with Gasteiger partial charge in [0.1, 0.15) is 8.95 Å². The van der Waals surface area contributed by atoms with Crippen molar-refractivity contribution in [1.29, 1.82) is 0 Å². The average Bonchev–Trinajstić information content (AvgIpc) is 3.53. The van der Waals surface area contributed by atoms with E-state index in [-0.39, 0.29) is 21.6 Å². The van der Waals surface area contributed by atoms with Crippen LogP contribution in [0.3, 0.4) is 0 Å². The molecule has 0 fully saturated rings. The third kappa shape index (κ3) is 5.79. The van der Waals surface area contributed by atoms with Crippen LogP contribution in [0.5, 0.6) is 0 Å². The topological polar surface area (TPSA) is 144 Å². The fourth-order valence-electron chi connectivity index (χ4n) is 2.02. The van der Waals surface area contributed by atoms with Gasteiger partial charge in [-0.3, -0.25) is 0 Å². The van der Waals surface area contributed by atoms with Gasteiger partial charge in [0.05, 0.1) is 21.2 Å². The smallest absolute Gasteiger partial charge is 0.265 e. The monoisotopic (exact) mass is 644 g/mol. The van der Waals surface area contributed by atoms with Crippen molar-refractivity contribution >= 4 is 86.3 Å². The molecule has 0 aliphatic heterocycles. The molecule has 0 atom stereocenters. The molecule has 0 saturated heterocycles. The minimum Gasteiger partial charge on any atom is -0.336 e. The summed E-state index contributed by atoms with van der Waals surface area (Å²) in [7, 11) is -7.16. The lowest BCUT2D eigenvalue weighted by Gasteiger charge is -2.02. The van der Waals surface area contributed by atoms with Gasteiger partial charge in [-0.15, -0.1) is 0 Å². The summed E-state index contributed by atoms with van der Waals surface area (Å²) in [6.07, 6.45) is 0. The van der Waals surface area contributed by atoms with E-state index in [0.717, 1.165) is 0 Å². The predicted molar refractivity (Wildman–Crippen MR) is 128 cm³/mol. The highest BCUT2D eigenvalue weighted by molar-refractivity contribution is 9.11. The number of hydrogen-bond acceptors (Lipinski definition) is 10. The zero-order valence-electron chi connectivity index (χ0n) is 16.2. The van der Waals surface area contributed by atoms with Crippen molar-refractivity contribution in [2.75, 3.05) is 9.44 Å². The van der Waals surface area contributed by atoms with Crippen molar-refractivity contribution in [3.8, 4) is 0 Å². The number of anilines is 2. The van der Waals surface area contributed by atoms with Crippen LogP contribution in [-0.4, -0.2) is 27.1 Å². The van der Waals surface area contributed by atoms with Crippen molar-refractivity contribution in [2.45, 2.75) is 23.6 Å². The molecule has 4 aromatic heterocycles. The number of sulfonamides is 2. The molecule has 172 valence electrons. The Morgan fingerprint density at radius 3 is 1.41 bits per heavy atom. The lowest BCUT2D eigenvalue weighted by molar-refractivity contribution is 0.430. The molecule has 2 N–H and O–H groups in total. The first-order valence-corrected chi connectivity index (χ1v) is 14.8. The lowest BCUT2D eigenvalue weighted by atomic mass is 10.5. The molecule has 0 aromatic carbocycles. The van der Waals surface area contributed by atoms with Crippen LogP contribution < -0.4 is 9.44 Å². The highest BCUT2D eigenvalue weighted by atomic mass is 79.9. The molecule has 16 heteroatoms. The van der Waals surface area contributed by atoms with Gasteiger partial charge < -0.3 is 9.05 Å². The molecule has 4 aromatic rings. The molecule has 0 radical (unpaired) electrons. The highest BCUT2D eigenvalue weighted by Gasteiger charge is 2.21. The van der Waals surface area contributed by atoms with Gasteiger partial charge in [-0.25, -0.2) is 26.3 Å². The van der Waals surface area contributed by atoms with E-state index in [4.69, 9.17) is 9.05 Å². The Morgan fingerprint density at radius 1 is 0.781 bits per heavy atom. The summed E-state index contributed by atoms with van der Waals surface area (Å²) < 4.78 is 62.6. The summed E-state index contributed by atoms with van der Waals surface area (Å²) in [6, 6.07) is 3.04. The first-order chi connectivity index (χ1) is 15.0. The number of thiophene rings is 2. The van der Waals surface area contributed by atoms with Gasteiger partial charge in [-0.05, 0) is 68.6 Å². The summed E-state index contributed by atoms with van der Waals surface area (Å²) in [5.74, 6) is 0.174. The SMILES string of the molecule is Cc1noc(NS(=O)(=O)c2ccsc2)c1Br.Cc1noc(NS(=O)(=O)c2ccsc2)c1Br. The van der Waals surface area contributed by atoms with E-state index in [1.54, 1.807) is 35.4 Å². The zero-order valence-corrected chi connectivity index (χ0v) is 22.6. The summed E-state index contributed by atoms with van der Waals surface area (Å²) in [5, 5.41) is 13.7. The van der Waals surface area contributed by atoms with Gasteiger partial charge >= 0.3 is 0 Å². The van der Waals surface area contributed by atoms with Crippen LogP contribution in [0.1, 0.15) is 11.4 Å². The molecule has 0 aliphatic rings. The number of aryl methyl sites for hydroxylation is 2. The molecule has 4 heterocycles. The molecule has 10 nitrogen and oxygen atoms in total. The van der Waals surface area contributed by atoms with Crippen molar-refractivity contribution in [3.05, 3.63) is 54.0 Å². The maximum Gasteiger partial charge on any atom is 0.265 e. The van der Waals surface area contributed by atoms with Gasteiger partial charge in [0.25, 0.3) is 31.8 Å². The Bertz CT molecular complexity index is 1290. The first kappa shape index (κ1) is 24.9. The minimum absolute atomic E-state index is 0.0868. The number of nitrogens with zero attached hydrogens (tertiary/aromatic N) is 2. The molecule has 0 bridgehead atoms. The third-order valence-electron chi connectivity index (χ3n) is 3.65. The minimum atomic E-state index is -3.58. The summed E-state index contributed by atoms with van der Waals surface area (Å²) in [5.41, 5.74) is 1.17. The fraction of sp³-hybridized carbons (Fsp3) is 0.125. The molecule has 0 unspecified atom stereocenters. The molecule has 0 amide bonds. The van der Waals surface area contributed by atoms with E-state index in [1.807, 2.05) is 0 Å². The summed E-state index contributed by atoms with van der Waals surface area (Å²) in [6.45, 7) is 3.41. The van der Waals surface area contributed by atoms with Crippen LogP contribution in [-0.2, 0) is 20.0 Å². The van der Waals surface area contributed by atoms with E-state index in [9.17, 15) is 16.8 Å². The number of hydrogen-bond donors (Lipinski definition) is 2. The van der Waals surface area contributed by atoms with Crippen LogP contribution in [0.25, 0.3) is 0 Å². The number of aromatic nitrogens is 2. The van der Waals surface area contributed by atoms with Crippen molar-refractivity contribution in [3.63, 3.8) is 0 Å². The van der Waals surface area contributed by atoms with Crippen molar-refractivity contribution < 1.29 is 25.9 Å². The Kier molecular flexibility index (Phi) is 7.82.